The molecule has 4 atom stereocenters. The number of rotatable bonds is 4. The molecule has 0 aromatic heterocycles. The van der Waals surface area contributed by atoms with Gasteiger partial charge in [0.1, 0.15) is 5.75 Å². The lowest BCUT2D eigenvalue weighted by Crippen LogP contribution is -2.42. The topological polar surface area (TPSA) is 64.4 Å². The first-order valence-electron chi connectivity index (χ1n) is 9.04. The molecule has 4 nitrogen and oxygen atoms in total. The maximum Gasteiger partial charge on any atom is 0.229 e. The molecule has 23 heavy (non-hydrogen) atoms. The Kier molecular flexibility index (Phi) is 4.02. The van der Waals surface area contributed by atoms with Crippen LogP contribution in [0.1, 0.15) is 44.9 Å². The molecule has 1 amide bonds. The van der Waals surface area contributed by atoms with E-state index in [1.807, 2.05) is 24.3 Å². The van der Waals surface area contributed by atoms with E-state index in [1.54, 1.807) is 0 Å². The Bertz CT molecular complexity index is 580. The molecule has 0 saturated heterocycles. The van der Waals surface area contributed by atoms with Gasteiger partial charge in [0.2, 0.25) is 5.91 Å². The van der Waals surface area contributed by atoms with Gasteiger partial charge >= 0.3 is 0 Å². The molecule has 3 aliphatic carbocycles. The van der Waals surface area contributed by atoms with E-state index in [1.165, 1.54) is 19.3 Å². The Morgan fingerprint density at radius 3 is 2.65 bits per heavy atom. The number of amides is 1. The number of hydrogen-bond donors (Lipinski definition) is 2. The summed E-state index contributed by atoms with van der Waals surface area (Å²) in [7, 11) is 0. The highest BCUT2D eigenvalue weighted by molar-refractivity contribution is 5.93. The van der Waals surface area contributed by atoms with Crippen molar-refractivity contribution >= 4 is 11.6 Å². The largest absolute Gasteiger partial charge is 0.490 e. The number of nitrogens with one attached hydrogen (secondary N) is 1. The van der Waals surface area contributed by atoms with Crippen molar-refractivity contribution in [2.24, 2.45) is 23.5 Å². The van der Waals surface area contributed by atoms with Gasteiger partial charge in [-0.2, -0.15) is 0 Å². The van der Waals surface area contributed by atoms with E-state index in [4.69, 9.17) is 10.5 Å². The van der Waals surface area contributed by atoms with Crippen molar-refractivity contribution < 1.29 is 9.53 Å². The fourth-order valence-electron chi connectivity index (χ4n) is 4.80. The van der Waals surface area contributed by atoms with Crippen molar-refractivity contribution in [1.29, 1.82) is 0 Å². The smallest absolute Gasteiger partial charge is 0.229 e. The molecule has 1 aromatic carbocycles. The van der Waals surface area contributed by atoms with E-state index in [-0.39, 0.29) is 17.9 Å². The zero-order valence-electron chi connectivity index (χ0n) is 13.5. The lowest BCUT2D eigenvalue weighted by atomic mass is 9.84. The number of carbonyl (C=O) groups is 1. The summed E-state index contributed by atoms with van der Waals surface area (Å²) in [4.78, 5) is 12.6. The van der Waals surface area contributed by atoms with E-state index in [9.17, 15) is 4.79 Å². The molecule has 3 saturated carbocycles. The lowest BCUT2D eigenvalue weighted by molar-refractivity contribution is -0.121. The summed E-state index contributed by atoms with van der Waals surface area (Å²) in [6.07, 6.45) is 8.59. The molecule has 3 aliphatic rings. The number of benzene rings is 1. The fourth-order valence-corrected chi connectivity index (χ4v) is 4.80. The van der Waals surface area contributed by atoms with Crippen LogP contribution < -0.4 is 15.8 Å². The van der Waals surface area contributed by atoms with Crippen LogP contribution in [0.15, 0.2) is 24.3 Å². The fraction of sp³-hybridized carbons (Fsp3) is 0.632. The van der Waals surface area contributed by atoms with Crippen molar-refractivity contribution in [2.75, 3.05) is 5.32 Å². The van der Waals surface area contributed by atoms with Crippen molar-refractivity contribution in [3.05, 3.63) is 24.3 Å². The summed E-state index contributed by atoms with van der Waals surface area (Å²) in [6.45, 7) is 0. The summed E-state index contributed by atoms with van der Waals surface area (Å²) in [6, 6.07) is 7.82. The first-order valence-corrected chi connectivity index (χ1v) is 9.04. The second-order valence-corrected chi connectivity index (χ2v) is 7.48. The van der Waals surface area contributed by atoms with Gasteiger partial charge in [0, 0.05) is 17.8 Å². The highest BCUT2D eigenvalue weighted by Crippen LogP contribution is 2.47. The van der Waals surface area contributed by atoms with Crippen LogP contribution in [-0.2, 0) is 4.79 Å². The van der Waals surface area contributed by atoms with E-state index in [0.717, 1.165) is 37.1 Å². The molecule has 0 spiro atoms. The van der Waals surface area contributed by atoms with Crippen LogP contribution in [0.5, 0.6) is 5.75 Å². The van der Waals surface area contributed by atoms with E-state index in [2.05, 4.69) is 5.32 Å². The van der Waals surface area contributed by atoms with Gasteiger partial charge in [0.15, 0.2) is 0 Å². The number of fused-ring (bicyclic) bond motifs is 2. The van der Waals surface area contributed by atoms with Crippen molar-refractivity contribution in [2.45, 2.75) is 57.1 Å². The molecule has 0 aliphatic heterocycles. The summed E-state index contributed by atoms with van der Waals surface area (Å²) in [5.74, 6) is 1.95. The number of carbonyl (C=O) groups excluding carboxylic acids is 1. The Morgan fingerprint density at radius 2 is 1.91 bits per heavy atom. The predicted octanol–water partition coefficient (Wildman–Crippen LogP) is 3.32. The maximum atomic E-state index is 12.6. The third-order valence-corrected chi connectivity index (χ3v) is 5.99. The second-order valence-electron chi connectivity index (χ2n) is 7.48. The molecule has 1 aromatic rings. The molecule has 4 heteroatoms. The lowest BCUT2D eigenvalue weighted by Gasteiger charge is -2.27. The van der Waals surface area contributed by atoms with Gasteiger partial charge in [-0.05, 0) is 68.9 Å². The highest BCUT2D eigenvalue weighted by Gasteiger charge is 2.49. The van der Waals surface area contributed by atoms with E-state index in [0.29, 0.717) is 17.9 Å². The van der Waals surface area contributed by atoms with Crippen LogP contribution in [-0.4, -0.2) is 18.1 Å². The molecule has 3 N–H and O–H groups in total. The van der Waals surface area contributed by atoms with Crippen LogP contribution >= 0.6 is 0 Å². The number of hydrogen-bond acceptors (Lipinski definition) is 3. The Morgan fingerprint density at radius 1 is 1.13 bits per heavy atom. The molecule has 4 unspecified atom stereocenters. The first kappa shape index (κ1) is 15.0. The Hall–Kier alpha value is -1.55. The van der Waals surface area contributed by atoms with Crippen LogP contribution in [0, 0.1) is 17.8 Å². The van der Waals surface area contributed by atoms with E-state index < -0.39 is 0 Å². The van der Waals surface area contributed by atoms with Crippen molar-refractivity contribution in [3.63, 3.8) is 0 Å². The average molecular weight is 314 g/mol. The molecule has 4 rings (SSSR count). The summed E-state index contributed by atoms with van der Waals surface area (Å²) < 4.78 is 6.02. The summed E-state index contributed by atoms with van der Waals surface area (Å²) in [5.41, 5.74) is 7.09. The van der Waals surface area contributed by atoms with Gasteiger partial charge < -0.3 is 15.8 Å². The van der Waals surface area contributed by atoms with E-state index >= 15 is 0 Å². The average Bonchev–Trinajstić information content (AvgIpc) is 3.24. The minimum atomic E-state index is -0.0202. The normalized spacial score (nSPS) is 33.1. The highest BCUT2D eigenvalue weighted by atomic mass is 16.5. The van der Waals surface area contributed by atoms with Crippen LogP contribution in [0.25, 0.3) is 0 Å². The zero-order chi connectivity index (χ0) is 15.8. The van der Waals surface area contributed by atoms with Gasteiger partial charge in [0.25, 0.3) is 0 Å². The SMILES string of the molecule is NC1C2CCC(C2)C1C(=O)Nc1cccc(OC2CCCC2)c1. The maximum absolute atomic E-state index is 12.6. The molecule has 0 heterocycles. The molecule has 3 fully saturated rings. The zero-order valence-corrected chi connectivity index (χ0v) is 13.5. The Labute approximate surface area is 137 Å². The molecule has 0 radical (unpaired) electrons. The van der Waals surface area contributed by atoms with Gasteiger partial charge in [-0.1, -0.05) is 6.07 Å². The van der Waals surface area contributed by atoms with Crippen LogP contribution in [0.2, 0.25) is 0 Å². The molecule has 2 bridgehead atoms. The van der Waals surface area contributed by atoms with Gasteiger partial charge in [-0.25, -0.2) is 0 Å². The van der Waals surface area contributed by atoms with Gasteiger partial charge in [0.05, 0.1) is 12.0 Å². The molecule has 124 valence electrons. The number of anilines is 1. The van der Waals surface area contributed by atoms with Gasteiger partial charge in [-0.3, -0.25) is 4.79 Å². The van der Waals surface area contributed by atoms with Crippen molar-refractivity contribution in [3.8, 4) is 5.75 Å². The minimum Gasteiger partial charge on any atom is -0.490 e. The van der Waals surface area contributed by atoms with Crippen molar-refractivity contribution in [1.82, 2.24) is 0 Å². The standard InChI is InChI=1S/C19H26N2O2/c20-18-13-9-8-12(10-13)17(18)19(22)21-14-4-3-7-16(11-14)23-15-5-1-2-6-15/h3-4,7,11-13,15,17-18H,1-2,5-6,8-10,20H2,(H,21,22). The molecular weight excluding hydrogens is 288 g/mol. The summed E-state index contributed by atoms with van der Waals surface area (Å²) >= 11 is 0. The first-order chi connectivity index (χ1) is 11.2. The predicted molar refractivity (Wildman–Crippen MR) is 90.3 cm³/mol. The quantitative estimate of drug-likeness (QED) is 0.896. The number of nitrogens with two attached hydrogens (primary N) is 1. The minimum absolute atomic E-state index is 0.0202. The molecular formula is C19H26N2O2. The Balaban J connectivity index is 1.41. The monoisotopic (exact) mass is 314 g/mol. The third kappa shape index (κ3) is 2.97. The number of ether oxygens (including phenoxy) is 1. The van der Waals surface area contributed by atoms with Gasteiger partial charge in [-0.15, -0.1) is 0 Å². The van der Waals surface area contributed by atoms with Crippen LogP contribution in [0.3, 0.4) is 0 Å². The van der Waals surface area contributed by atoms with Crippen LogP contribution in [0.4, 0.5) is 5.69 Å². The third-order valence-electron chi connectivity index (χ3n) is 5.99. The second kappa shape index (κ2) is 6.16. The summed E-state index contributed by atoms with van der Waals surface area (Å²) in [5, 5.41) is 3.07.